The third kappa shape index (κ3) is 6.16. The van der Waals surface area contributed by atoms with Crippen LogP contribution in [0.5, 0.6) is 0 Å². The Balaban J connectivity index is 3.34. The maximum Gasteiger partial charge on any atom is 0.544 e. The Morgan fingerprint density at radius 1 is 0.560 bits per heavy atom. The predicted molar refractivity (Wildman–Crippen MR) is 67.8 cm³/mol. The number of rotatable bonds is 10. The molecule has 3 atom stereocenters. The van der Waals surface area contributed by atoms with Crippen LogP contribution in [0.1, 0.15) is 0 Å². The molecular weight excluding hydrogens is 391 g/mol. The van der Waals surface area contributed by atoms with Gasteiger partial charge in [0, 0.05) is 5.19 Å². The minimum absolute atomic E-state index is 0.676. The molecule has 1 aromatic rings. The molecule has 0 amide bonds. The summed E-state index contributed by atoms with van der Waals surface area (Å²) in [6.07, 6.45) is -22.5. The van der Waals surface area contributed by atoms with Crippen molar-refractivity contribution in [3.63, 3.8) is 0 Å². The highest BCUT2D eigenvalue weighted by Gasteiger charge is 2.54. The van der Waals surface area contributed by atoms with E-state index in [4.69, 9.17) is 0 Å². The van der Waals surface area contributed by atoms with Gasteiger partial charge in [-0.25, -0.2) is 39.5 Å². The molecule has 0 radical (unpaired) electrons. The Morgan fingerprint density at radius 2 is 0.880 bits per heavy atom. The Morgan fingerprint density at radius 3 is 1.16 bits per heavy atom. The molecule has 1 aromatic carbocycles. The molecule has 1 rings (SSSR count). The zero-order chi connectivity index (χ0) is 19.2. The lowest BCUT2D eigenvalue weighted by Crippen LogP contribution is -2.62. The normalized spacial score (nSPS) is 18.4. The Labute approximate surface area is 136 Å². The van der Waals surface area contributed by atoms with Gasteiger partial charge in [0.2, 0.25) is 0 Å². The second-order valence-electron chi connectivity index (χ2n) is 4.33. The molecule has 13 heteroatoms. The molecule has 0 spiro atoms. The molecule has 25 heavy (non-hydrogen) atoms. The van der Waals surface area contributed by atoms with Crippen LogP contribution in [-0.2, 0) is 13.3 Å². The second-order valence-corrected chi connectivity index (χ2v) is 6.73. The molecule has 3 nitrogen and oxygen atoms in total. The molecule has 0 saturated carbocycles. The highest BCUT2D eigenvalue weighted by atomic mass is 28.4. The topological polar surface area (TPSA) is 27.7 Å². The number of hydrogen-bond acceptors (Lipinski definition) is 3. The summed E-state index contributed by atoms with van der Waals surface area (Å²) in [6, 6.07) is 5.20. The summed E-state index contributed by atoms with van der Waals surface area (Å²) in [5.41, 5.74) is 0. The van der Waals surface area contributed by atoms with Crippen molar-refractivity contribution in [3.8, 4) is 0 Å². The lowest BCUT2D eigenvalue weighted by atomic mass is 10.4. The lowest BCUT2D eigenvalue weighted by Gasteiger charge is -2.32. The lowest BCUT2D eigenvalue weighted by molar-refractivity contribution is -0.171. The first kappa shape index (κ1) is 21.7. The SMILES string of the molecule is FC(F)C(F)O[Si](OC(F)C(F)F)(OC(F)C(F)F)c1ccccc1. The van der Waals surface area contributed by atoms with Crippen LogP contribution in [0.2, 0.25) is 0 Å². The number of benzene rings is 1. The van der Waals surface area contributed by atoms with Gasteiger partial charge in [-0.3, -0.25) is 0 Å². The van der Waals surface area contributed by atoms with Crippen LogP contribution in [0.25, 0.3) is 0 Å². The summed E-state index contributed by atoms with van der Waals surface area (Å²) < 4.78 is 126. The van der Waals surface area contributed by atoms with Gasteiger partial charge >= 0.3 is 8.80 Å². The van der Waals surface area contributed by atoms with Gasteiger partial charge in [-0.05, 0) is 0 Å². The van der Waals surface area contributed by atoms with E-state index in [0.29, 0.717) is 0 Å². The number of halogens is 9. The first-order chi connectivity index (χ1) is 11.6. The monoisotopic (exact) mass is 402 g/mol. The van der Waals surface area contributed by atoms with Crippen LogP contribution in [0.3, 0.4) is 0 Å². The number of alkyl halides is 9. The third-order valence-corrected chi connectivity index (χ3v) is 5.17. The minimum Gasteiger partial charge on any atom is -0.334 e. The summed E-state index contributed by atoms with van der Waals surface area (Å²) in [6.45, 7) is 0. The molecule has 0 aliphatic rings. The van der Waals surface area contributed by atoms with Crippen molar-refractivity contribution in [2.45, 2.75) is 38.3 Å². The van der Waals surface area contributed by atoms with Crippen molar-refractivity contribution in [3.05, 3.63) is 30.3 Å². The maximum absolute atomic E-state index is 13.3. The van der Waals surface area contributed by atoms with Crippen LogP contribution in [-0.4, -0.2) is 47.2 Å². The van der Waals surface area contributed by atoms with Crippen molar-refractivity contribution in [1.82, 2.24) is 0 Å². The Bertz CT molecular complexity index is 467. The molecule has 0 bridgehead atoms. The maximum atomic E-state index is 13.3. The Hall–Kier alpha value is -1.31. The van der Waals surface area contributed by atoms with Crippen molar-refractivity contribution in [2.24, 2.45) is 0 Å². The molecule has 0 fully saturated rings. The first-order valence-electron chi connectivity index (χ1n) is 6.44. The fourth-order valence-electron chi connectivity index (χ4n) is 1.53. The summed E-state index contributed by atoms with van der Waals surface area (Å²) in [5.74, 6) is 0. The third-order valence-electron chi connectivity index (χ3n) is 2.52. The van der Waals surface area contributed by atoms with Gasteiger partial charge < -0.3 is 13.3 Å². The smallest absolute Gasteiger partial charge is 0.334 e. The van der Waals surface area contributed by atoms with Crippen molar-refractivity contribution < 1.29 is 52.8 Å². The highest BCUT2D eigenvalue weighted by molar-refractivity contribution is 6.75. The largest absolute Gasteiger partial charge is 0.544 e. The average Bonchev–Trinajstić information content (AvgIpc) is 2.54. The van der Waals surface area contributed by atoms with Gasteiger partial charge in [-0.2, -0.15) is 0 Å². The van der Waals surface area contributed by atoms with Crippen LogP contribution >= 0.6 is 0 Å². The second kappa shape index (κ2) is 9.40. The molecule has 0 aliphatic carbocycles. The van der Waals surface area contributed by atoms with Crippen molar-refractivity contribution >= 4 is 14.0 Å². The minimum atomic E-state index is -5.61. The van der Waals surface area contributed by atoms with Crippen molar-refractivity contribution in [1.29, 1.82) is 0 Å². The van der Waals surface area contributed by atoms with Crippen LogP contribution in [0, 0.1) is 0 Å². The van der Waals surface area contributed by atoms with E-state index in [1.54, 1.807) is 0 Å². The summed E-state index contributed by atoms with van der Waals surface area (Å²) in [4.78, 5) is 0. The molecule has 0 aliphatic heterocycles. The fraction of sp³-hybridized carbons (Fsp3) is 0.500. The summed E-state index contributed by atoms with van der Waals surface area (Å²) in [7, 11) is -5.61. The van der Waals surface area contributed by atoms with E-state index < -0.39 is 52.3 Å². The van der Waals surface area contributed by atoms with Crippen LogP contribution in [0.15, 0.2) is 30.3 Å². The van der Waals surface area contributed by atoms with E-state index in [1.165, 1.54) is 6.07 Å². The van der Waals surface area contributed by atoms with Gasteiger partial charge in [-0.15, -0.1) is 0 Å². The molecule has 3 unspecified atom stereocenters. The van der Waals surface area contributed by atoms with Gasteiger partial charge in [-0.1, -0.05) is 30.3 Å². The molecule has 144 valence electrons. The van der Waals surface area contributed by atoms with E-state index >= 15 is 0 Å². The zero-order valence-electron chi connectivity index (χ0n) is 12.0. The van der Waals surface area contributed by atoms with E-state index in [0.717, 1.165) is 24.3 Å². The number of hydrogen-bond donors (Lipinski definition) is 0. The van der Waals surface area contributed by atoms with E-state index in [-0.39, 0.29) is 0 Å². The van der Waals surface area contributed by atoms with Gasteiger partial charge in [0.25, 0.3) is 38.3 Å². The Kier molecular flexibility index (Phi) is 8.17. The van der Waals surface area contributed by atoms with E-state index in [2.05, 4.69) is 13.3 Å². The average molecular weight is 402 g/mol. The van der Waals surface area contributed by atoms with Crippen LogP contribution in [0.4, 0.5) is 39.5 Å². The molecular formula is C12H11F9O3Si. The predicted octanol–water partition coefficient (Wildman–Crippen LogP) is 3.56. The van der Waals surface area contributed by atoms with Crippen molar-refractivity contribution in [2.75, 3.05) is 0 Å². The van der Waals surface area contributed by atoms with E-state index in [9.17, 15) is 39.5 Å². The highest BCUT2D eigenvalue weighted by Crippen LogP contribution is 2.25. The van der Waals surface area contributed by atoms with E-state index in [1.807, 2.05) is 0 Å². The molecule has 0 heterocycles. The summed E-state index contributed by atoms with van der Waals surface area (Å²) in [5, 5.41) is -0.676. The fourth-order valence-corrected chi connectivity index (χ4v) is 3.90. The van der Waals surface area contributed by atoms with Crippen LogP contribution < -0.4 is 5.19 Å². The van der Waals surface area contributed by atoms with Gasteiger partial charge in [0.15, 0.2) is 0 Å². The standard InChI is InChI=1S/C12H11F9O3Si/c13-7(14)10(19)22-25(23-11(20)8(15)16,24-12(21)9(17)18)6-4-2-1-3-5-6/h1-5,7-12H. The zero-order valence-corrected chi connectivity index (χ0v) is 13.0. The summed E-state index contributed by atoms with van der Waals surface area (Å²) >= 11 is 0. The van der Waals surface area contributed by atoms with Gasteiger partial charge in [0.1, 0.15) is 0 Å². The molecule has 0 aromatic heterocycles. The molecule has 0 saturated heterocycles. The quantitative estimate of drug-likeness (QED) is 0.443. The van der Waals surface area contributed by atoms with Gasteiger partial charge in [0.05, 0.1) is 0 Å². The first-order valence-corrected chi connectivity index (χ1v) is 8.17. The molecule has 0 N–H and O–H groups in total.